The van der Waals surface area contributed by atoms with Crippen molar-refractivity contribution in [2.45, 2.75) is 69.2 Å². The molecule has 0 aromatic heterocycles. The molecule has 22 heavy (non-hydrogen) atoms. The number of rotatable bonds is 0. The van der Waals surface area contributed by atoms with Crippen molar-refractivity contribution in [2.75, 3.05) is 0 Å². The topological polar surface area (TPSA) is 0 Å². The Morgan fingerprint density at radius 2 is 0.500 bits per heavy atom. The van der Waals surface area contributed by atoms with Crippen LogP contribution in [-0.2, 0) is 0 Å². The Morgan fingerprint density at radius 1 is 0.318 bits per heavy atom. The van der Waals surface area contributed by atoms with Crippen molar-refractivity contribution in [1.29, 1.82) is 0 Å². The molecule has 0 aliphatic heterocycles. The molecule has 0 fully saturated rings. The summed E-state index contributed by atoms with van der Waals surface area (Å²) in [5.41, 5.74) is 14.3. The van der Waals surface area contributed by atoms with Crippen LogP contribution in [0.25, 0.3) is 0 Å². The summed E-state index contributed by atoms with van der Waals surface area (Å²) in [4.78, 5) is 0. The van der Waals surface area contributed by atoms with Crippen LogP contribution in [0.2, 0.25) is 0 Å². The summed E-state index contributed by atoms with van der Waals surface area (Å²) in [7, 11) is 0. The standard InChI is InChI=1S/2C11H16/c2*1-7-6-8(2)10(4)11(5)9(7)3/h2*6H,1-5H3. The molecule has 0 atom stereocenters. The zero-order chi connectivity index (χ0) is 17.2. The van der Waals surface area contributed by atoms with E-state index in [0.717, 1.165) is 0 Å². The highest BCUT2D eigenvalue weighted by Crippen LogP contribution is 2.20. The van der Waals surface area contributed by atoms with E-state index in [4.69, 9.17) is 0 Å². The van der Waals surface area contributed by atoms with E-state index < -0.39 is 0 Å². The van der Waals surface area contributed by atoms with Crippen LogP contribution in [0, 0.1) is 69.2 Å². The first kappa shape index (κ1) is 18.5. The van der Waals surface area contributed by atoms with E-state index in [1.165, 1.54) is 55.6 Å². The minimum absolute atomic E-state index is 1.41. The van der Waals surface area contributed by atoms with Crippen LogP contribution in [0.1, 0.15) is 55.6 Å². The first-order valence-electron chi connectivity index (χ1n) is 8.15. The molecule has 0 unspecified atom stereocenters. The van der Waals surface area contributed by atoms with E-state index in [9.17, 15) is 0 Å². The summed E-state index contributed by atoms with van der Waals surface area (Å²) in [6.07, 6.45) is 0. The monoisotopic (exact) mass is 296 g/mol. The van der Waals surface area contributed by atoms with Gasteiger partial charge in [-0.15, -0.1) is 0 Å². The molecule has 0 aliphatic rings. The summed E-state index contributed by atoms with van der Waals surface area (Å²) in [5.74, 6) is 0. The van der Waals surface area contributed by atoms with Gasteiger partial charge in [0.1, 0.15) is 0 Å². The summed E-state index contributed by atoms with van der Waals surface area (Å²) in [6, 6.07) is 4.52. The molecule has 0 saturated heterocycles. The molecule has 0 N–H and O–H groups in total. The lowest BCUT2D eigenvalue weighted by Crippen LogP contribution is -1.93. The van der Waals surface area contributed by atoms with Crippen LogP contribution in [0.4, 0.5) is 0 Å². The predicted octanol–water partition coefficient (Wildman–Crippen LogP) is 6.46. The Morgan fingerprint density at radius 3 is 0.682 bits per heavy atom. The van der Waals surface area contributed by atoms with Crippen molar-refractivity contribution in [3.05, 3.63) is 67.8 Å². The SMILES string of the molecule is Cc1cc(C)c(C)c(C)c1C.Cc1cc(C)c(C)c(C)c1C. The molecule has 0 heterocycles. The lowest BCUT2D eigenvalue weighted by atomic mass is 9.96. The Balaban J connectivity index is 0.000000220. The molecule has 120 valence electrons. The van der Waals surface area contributed by atoms with Gasteiger partial charge in [-0.25, -0.2) is 0 Å². The minimum Gasteiger partial charge on any atom is -0.0558 e. The third-order valence-corrected chi connectivity index (χ3v) is 5.48. The Hall–Kier alpha value is -1.56. The summed E-state index contributed by atoms with van der Waals surface area (Å²) in [6.45, 7) is 21.9. The van der Waals surface area contributed by atoms with Gasteiger partial charge in [-0.2, -0.15) is 0 Å². The highest BCUT2D eigenvalue weighted by atomic mass is 14.1. The average Bonchev–Trinajstić information content (AvgIpc) is 2.47. The molecular formula is C22H32. The number of benzene rings is 2. The average molecular weight is 296 g/mol. The zero-order valence-corrected chi connectivity index (χ0v) is 16.2. The largest absolute Gasteiger partial charge is 0.0558 e. The van der Waals surface area contributed by atoms with E-state index in [2.05, 4.69) is 81.4 Å². The van der Waals surface area contributed by atoms with Gasteiger partial charge in [-0.3, -0.25) is 0 Å². The van der Waals surface area contributed by atoms with Gasteiger partial charge in [0, 0.05) is 0 Å². The highest BCUT2D eigenvalue weighted by molar-refractivity contribution is 5.43. The fourth-order valence-electron chi connectivity index (χ4n) is 2.83. The van der Waals surface area contributed by atoms with Gasteiger partial charge in [0.25, 0.3) is 0 Å². The lowest BCUT2D eigenvalue weighted by molar-refractivity contribution is 1.18. The molecule has 0 bridgehead atoms. The Kier molecular flexibility index (Phi) is 6.00. The smallest absolute Gasteiger partial charge is 0.0392 e. The second-order valence-corrected chi connectivity index (χ2v) is 6.77. The molecule has 0 heteroatoms. The molecule has 0 aliphatic carbocycles. The van der Waals surface area contributed by atoms with Crippen LogP contribution in [0.15, 0.2) is 12.1 Å². The fraction of sp³-hybridized carbons (Fsp3) is 0.455. The first-order chi connectivity index (χ1) is 10.1. The maximum absolute atomic E-state index is 2.26. The number of hydrogen-bond donors (Lipinski definition) is 0. The molecule has 2 aromatic carbocycles. The Labute approximate surface area is 137 Å². The first-order valence-corrected chi connectivity index (χ1v) is 8.15. The van der Waals surface area contributed by atoms with Crippen LogP contribution in [0.3, 0.4) is 0 Å². The Bertz CT molecular complexity index is 574. The quantitative estimate of drug-likeness (QED) is 0.523. The van der Waals surface area contributed by atoms with E-state index in [-0.39, 0.29) is 0 Å². The molecule has 0 radical (unpaired) electrons. The van der Waals surface area contributed by atoms with Gasteiger partial charge in [0.2, 0.25) is 0 Å². The second kappa shape index (κ2) is 7.13. The van der Waals surface area contributed by atoms with Crippen molar-refractivity contribution in [1.82, 2.24) is 0 Å². The molecule has 2 rings (SSSR count). The van der Waals surface area contributed by atoms with Gasteiger partial charge in [-0.05, 0) is 125 Å². The van der Waals surface area contributed by atoms with Gasteiger partial charge < -0.3 is 0 Å². The predicted molar refractivity (Wildman–Crippen MR) is 100 cm³/mol. The van der Waals surface area contributed by atoms with Crippen LogP contribution < -0.4 is 0 Å². The van der Waals surface area contributed by atoms with Crippen molar-refractivity contribution in [3.8, 4) is 0 Å². The molecule has 0 spiro atoms. The van der Waals surface area contributed by atoms with E-state index >= 15 is 0 Å². The fourth-order valence-corrected chi connectivity index (χ4v) is 2.83. The normalized spacial score (nSPS) is 10.3. The third-order valence-electron chi connectivity index (χ3n) is 5.48. The number of aryl methyl sites for hydroxylation is 4. The van der Waals surface area contributed by atoms with Crippen LogP contribution >= 0.6 is 0 Å². The van der Waals surface area contributed by atoms with Gasteiger partial charge in [-0.1, -0.05) is 12.1 Å². The highest BCUT2D eigenvalue weighted by Gasteiger charge is 2.03. The van der Waals surface area contributed by atoms with E-state index in [1.807, 2.05) is 0 Å². The van der Waals surface area contributed by atoms with Crippen molar-refractivity contribution >= 4 is 0 Å². The third kappa shape index (κ3) is 3.80. The minimum atomic E-state index is 1.41. The van der Waals surface area contributed by atoms with Gasteiger partial charge in [0.15, 0.2) is 0 Å². The lowest BCUT2D eigenvalue weighted by Gasteiger charge is -2.10. The maximum atomic E-state index is 2.26. The van der Waals surface area contributed by atoms with Crippen LogP contribution in [-0.4, -0.2) is 0 Å². The molecule has 0 saturated carbocycles. The van der Waals surface area contributed by atoms with Gasteiger partial charge in [0.05, 0.1) is 0 Å². The summed E-state index contributed by atoms with van der Waals surface area (Å²) >= 11 is 0. The van der Waals surface area contributed by atoms with Crippen molar-refractivity contribution < 1.29 is 0 Å². The van der Waals surface area contributed by atoms with Crippen LogP contribution in [0.5, 0.6) is 0 Å². The number of hydrogen-bond acceptors (Lipinski definition) is 0. The zero-order valence-electron chi connectivity index (χ0n) is 16.2. The van der Waals surface area contributed by atoms with E-state index in [0.29, 0.717) is 0 Å². The van der Waals surface area contributed by atoms with E-state index in [1.54, 1.807) is 0 Å². The van der Waals surface area contributed by atoms with Gasteiger partial charge >= 0.3 is 0 Å². The molecule has 0 amide bonds. The second-order valence-electron chi connectivity index (χ2n) is 6.77. The van der Waals surface area contributed by atoms with Crippen molar-refractivity contribution in [2.24, 2.45) is 0 Å². The van der Waals surface area contributed by atoms with Crippen molar-refractivity contribution in [3.63, 3.8) is 0 Å². The molecule has 0 nitrogen and oxygen atoms in total. The maximum Gasteiger partial charge on any atom is -0.0392 e. The molecule has 2 aromatic rings. The summed E-state index contributed by atoms with van der Waals surface area (Å²) in [5, 5.41) is 0. The molecular weight excluding hydrogens is 264 g/mol. The summed E-state index contributed by atoms with van der Waals surface area (Å²) < 4.78 is 0.